The van der Waals surface area contributed by atoms with E-state index in [0.29, 0.717) is 5.41 Å². The lowest BCUT2D eigenvalue weighted by Crippen LogP contribution is -2.33. The van der Waals surface area contributed by atoms with E-state index in [-0.39, 0.29) is 0 Å². The molecule has 0 aromatic rings. The largest absolute Gasteiger partial charge is 0.303 e. The molecule has 1 aliphatic carbocycles. The highest BCUT2D eigenvalue weighted by Gasteiger charge is 2.36. The molecule has 0 radical (unpaired) electrons. The van der Waals surface area contributed by atoms with Crippen molar-refractivity contribution in [2.45, 2.75) is 84.6 Å². The molecule has 1 aliphatic rings. The van der Waals surface area contributed by atoms with Crippen LogP contribution in [0.5, 0.6) is 0 Å². The summed E-state index contributed by atoms with van der Waals surface area (Å²) in [6.07, 6.45) is 12.6. The molecule has 0 heterocycles. The van der Waals surface area contributed by atoms with E-state index >= 15 is 0 Å². The molecule has 0 N–H and O–H groups in total. The summed E-state index contributed by atoms with van der Waals surface area (Å²) in [5, 5.41) is 0. The molecule has 0 aromatic carbocycles. The SMILES string of the molecule is CCCCC(CCCC)N(C)CCC1(C)CC1. The Labute approximate surface area is 109 Å². The number of rotatable bonds is 10. The standard InChI is InChI=1S/C16H33N/c1-5-7-9-15(10-8-6-2)17(4)14-13-16(3)11-12-16/h15H,5-14H2,1-4H3. The maximum atomic E-state index is 2.65. The topological polar surface area (TPSA) is 3.24 Å². The average Bonchev–Trinajstić information content (AvgIpc) is 3.05. The van der Waals surface area contributed by atoms with Crippen LogP contribution < -0.4 is 0 Å². The van der Waals surface area contributed by atoms with Gasteiger partial charge in [0.25, 0.3) is 0 Å². The molecule has 1 saturated carbocycles. The summed E-state index contributed by atoms with van der Waals surface area (Å²) in [7, 11) is 2.35. The zero-order chi connectivity index (χ0) is 12.7. The third-order valence-corrected chi connectivity index (χ3v) is 4.58. The fourth-order valence-corrected chi connectivity index (χ4v) is 2.56. The number of hydrogen-bond donors (Lipinski definition) is 0. The van der Waals surface area contributed by atoms with Crippen LogP contribution in [0.25, 0.3) is 0 Å². The van der Waals surface area contributed by atoms with Crippen molar-refractivity contribution < 1.29 is 0 Å². The normalized spacial score (nSPS) is 18.0. The Hall–Kier alpha value is -0.0400. The van der Waals surface area contributed by atoms with Crippen LogP contribution in [0.2, 0.25) is 0 Å². The van der Waals surface area contributed by atoms with Crippen LogP contribution in [0.15, 0.2) is 0 Å². The van der Waals surface area contributed by atoms with Crippen molar-refractivity contribution in [2.24, 2.45) is 5.41 Å². The van der Waals surface area contributed by atoms with Gasteiger partial charge in [0.15, 0.2) is 0 Å². The van der Waals surface area contributed by atoms with Gasteiger partial charge in [0, 0.05) is 6.04 Å². The van der Waals surface area contributed by atoms with Gasteiger partial charge in [0.1, 0.15) is 0 Å². The summed E-state index contributed by atoms with van der Waals surface area (Å²) in [6.45, 7) is 8.38. The van der Waals surface area contributed by atoms with E-state index in [2.05, 4.69) is 32.7 Å². The molecule has 1 rings (SSSR count). The zero-order valence-corrected chi connectivity index (χ0v) is 12.6. The predicted molar refractivity (Wildman–Crippen MR) is 77.4 cm³/mol. The molecule has 1 fully saturated rings. The monoisotopic (exact) mass is 239 g/mol. The fourth-order valence-electron chi connectivity index (χ4n) is 2.56. The van der Waals surface area contributed by atoms with E-state index in [9.17, 15) is 0 Å². The molecule has 102 valence electrons. The van der Waals surface area contributed by atoms with Gasteiger partial charge in [-0.15, -0.1) is 0 Å². The highest BCUT2D eigenvalue weighted by atomic mass is 15.1. The summed E-state index contributed by atoms with van der Waals surface area (Å²) in [5.41, 5.74) is 0.717. The summed E-state index contributed by atoms with van der Waals surface area (Å²) in [5.74, 6) is 0. The zero-order valence-electron chi connectivity index (χ0n) is 12.6. The quantitative estimate of drug-likeness (QED) is 0.526. The Balaban J connectivity index is 2.26. The molecule has 0 aliphatic heterocycles. The second-order valence-electron chi connectivity index (χ2n) is 6.48. The van der Waals surface area contributed by atoms with Gasteiger partial charge in [-0.3, -0.25) is 0 Å². The Morgan fingerprint density at radius 1 is 1.06 bits per heavy atom. The molecule has 0 atom stereocenters. The Kier molecular flexibility index (Phi) is 6.54. The Bertz CT molecular complexity index is 188. The van der Waals surface area contributed by atoms with Crippen molar-refractivity contribution >= 4 is 0 Å². The highest BCUT2D eigenvalue weighted by Crippen LogP contribution is 2.48. The van der Waals surface area contributed by atoms with Crippen molar-refractivity contribution in [3.05, 3.63) is 0 Å². The van der Waals surface area contributed by atoms with Crippen LogP contribution >= 0.6 is 0 Å². The van der Waals surface area contributed by atoms with E-state index in [1.54, 1.807) is 0 Å². The van der Waals surface area contributed by atoms with Crippen molar-refractivity contribution in [3.8, 4) is 0 Å². The van der Waals surface area contributed by atoms with Gasteiger partial charge < -0.3 is 4.90 Å². The lowest BCUT2D eigenvalue weighted by atomic mass is 10.0. The summed E-state index contributed by atoms with van der Waals surface area (Å²) >= 11 is 0. The van der Waals surface area contributed by atoms with Crippen LogP contribution in [-0.2, 0) is 0 Å². The van der Waals surface area contributed by atoms with Crippen molar-refractivity contribution in [2.75, 3.05) is 13.6 Å². The van der Waals surface area contributed by atoms with Gasteiger partial charge in [0.05, 0.1) is 0 Å². The maximum Gasteiger partial charge on any atom is 0.00922 e. The molecule has 17 heavy (non-hydrogen) atoms. The third kappa shape index (κ3) is 5.90. The first-order valence-electron chi connectivity index (χ1n) is 7.81. The number of unbranched alkanes of at least 4 members (excludes halogenated alkanes) is 2. The van der Waals surface area contributed by atoms with Crippen LogP contribution in [0.3, 0.4) is 0 Å². The van der Waals surface area contributed by atoms with Crippen molar-refractivity contribution in [3.63, 3.8) is 0 Å². The van der Waals surface area contributed by atoms with Gasteiger partial charge in [0.2, 0.25) is 0 Å². The first kappa shape index (κ1) is 15.0. The van der Waals surface area contributed by atoms with E-state index in [4.69, 9.17) is 0 Å². The minimum atomic E-state index is 0.717. The molecule has 0 aromatic heterocycles. The second kappa shape index (κ2) is 7.41. The fraction of sp³-hybridized carbons (Fsp3) is 1.00. The van der Waals surface area contributed by atoms with E-state index in [1.807, 2.05) is 0 Å². The van der Waals surface area contributed by atoms with E-state index in [0.717, 1.165) is 6.04 Å². The van der Waals surface area contributed by atoms with Crippen LogP contribution in [0, 0.1) is 5.41 Å². The molecule has 0 spiro atoms. The maximum absolute atomic E-state index is 2.65. The van der Waals surface area contributed by atoms with Crippen LogP contribution in [0.4, 0.5) is 0 Å². The highest BCUT2D eigenvalue weighted by molar-refractivity contribution is 4.89. The van der Waals surface area contributed by atoms with Gasteiger partial charge in [-0.1, -0.05) is 46.5 Å². The van der Waals surface area contributed by atoms with Gasteiger partial charge >= 0.3 is 0 Å². The molecule has 0 amide bonds. The molecule has 1 heteroatoms. The minimum absolute atomic E-state index is 0.717. The molecule has 0 saturated heterocycles. The van der Waals surface area contributed by atoms with E-state index < -0.39 is 0 Å². The number of hydrogen-bond acceptors (Lipinski definition) is 1. The summed E-state index contributed by atoms with van der Waals surface area (Å²) in [4.78, 5) is 2.65. The van der Waals surface area contributed by atoms with E-state index in [1.165, 1.54) is 64.3 Å². The Morgan fingerprint density at radius 2 is 1.59 bits per heavy atom. The lowest BCUT2D eigenvalue weighted by Gasteiger charge is -2.29. The molecule has 1 nitrogen and oxygen atoms in total. The van der Waals surface area contributed by atoms with Gasteiger partial charge in [-0.2, -0.15) is 0 Å². The molecule has 0 bridgehead atoms. The molecular weight excluding hydrogens is 206 g/mol. The summed E-state index contributed by atoms with van der Waals surface area (Å²) in [6, 6.07) is 0.845. The predicted octanol–water partition coefficient (Wildman–Crippen LogP) is 4.86. The van der Waals surface area contributed by atoms with Crippen molar-refractivity contribution in [1.82, 2.24) is 4.90 Å². The second-order valence-corrected chi connectivity index (χ2v) is 6.48. The van der Waals surface area contributed by atoms with Crippen LogP contribution in [-0.4, -0.2) is 24.5 Å². The Morgan fingerprint density at radius 3 is 2.00 bits per heavy atom. The first-order valence-corrected chi connectivity index (χ1v) is 7.81. The third-order valence-electron chi connectivity index (χ3n) is 4.58. The van der Waals surface area contributed by atoms with Crippen molar-refractivity contribution in [1.29, 1.82) is 0 Å². The smallest absolute Gasteiger partial charge is 0.00922 e. The average molecular weight is 239 g/mol. The summed E-state index contributed by atoms with van der Waals surface area (Å²) < 4.78 is 0. The molecular formula is C16H33N. The molecule has 0 unspecified atom stereocenters. The van der Waals surface area contributed by atoms with Gasteiger partial charge in [-0.25, -0.2) is 0 Å². The van der Waals surface area contributed by atoms with Gasteiger partial charge in [-0.05, 0) is 51.1 Å². The van der Waals surface area contributed by atoms with Crippen LogP contribution in [0.1, 0.15) is 78.6 Å². The minimum Gasteiger partial charge on any atom is -0.303 e. The first-order chi connectivity index (χ1) is 8.11. The number of nitrogens with zero attached hydrogens (tertiary/aromatic N) is 1. The lowest BCUT2D eigenvalue weighted by molar-refractivity contribution is 0.197.